The van der Waals surface area contributed by atoms with Crippen LogP contribution in [-0.4, -0.2) is 4.98 Å². The van der Waals surface area contributed by atoms with Crippen LogP contribution >= 0.6 is 0 Å². The van der Waals surface area contributed by atoms with E-state index in [1.54, 1.807) is 24.8 Å². The Balaban J connectivity index is 2.50. The molecule has 0 aromatic carbocycles. The van der Waals surface area contributed by atoms with Crippen LogP contribution in [0.5, 0.6) is 0 Å². The number of nitrogens with one attached hydrogen (secondary N) is 1. The number of pyridine rings is 1. The molecule has 4 heteroatoms. The van der Waals surface area contributed by atoms with Crippen LogP contribution in [0, 0.1) is 0 Å². The van der Waals surface area contributed by atoms with Crippen LogP contribution in [-0.2, 0) is 0 Å². The Hall–Kier alpha value is -1.55. The van der Waals surface area contributed by atoms with Crippen molar-refractivity contribution in [3.63, 3.8) is 0 Å². The molecule has 0 fully saturated rings. The predicted octanol–water partition coefficient (Wildman–Crippen LogP) is 0.658. The quantitative estimate of drug-likeness (QED) is 0.530. The van der Waals surface area contributed by atoms with Crippen LogP contribution in [0.4, 0.5) is 11.4 Å². The minimum atomic E-state index is 0.884. The fourth-order valence-electron chi connectivity index (χ4n) is 1.00. The third-order valence-corrected chi connectivity index (χ3v) is 1.55. The molecule has 0 saturated heterocycles. The Labute approximate surface area is 64.3 Å². The van der Waals surface area contributed by atoms with Gasteiger partial charge in [-0.15, -0.1) is 0 Å². The molecule has 0 amide bonds. The van der Waals surface area contributed by atoms with Gasteiger partial charge in [-0.1, -0.05) is 0 Å². The number of hydrogen-bond donors (Lipinski definition) is 2. The lowest BCUT2D eigenvalue weighted by Gasteiger charge is -2.20. The van der Waals surface area contributed by atoms with E-state index in [2.05, 4.69) is 10.3 Å². The van der Waals surface area contributed by atoms with Gasteiger partial charge in [0.1, 0.15) is 0 Å². The number of nitrogens with zero attached hydrogens (tertiary/aromatic N) is 2. The van der Waals surface area contributed by atoms with Crippen molar-refractivity contribution in [2.24, 2.45) is 5.84 Å². The number of hydrogen-bond acceptors (Lipinski definition) is 4. The molecule has 1 aromatic heterocycles. The van der Waals surface area contributed by atoms with Crippen LogP contribution < -0.4 is 16.2 Å². The van der Waals surface area contributed by atoms with E-state index in [0.717, 1.165) is 11.4 Å². The summed E-state index contributed by atoms with van der Waals surface area (Å²) in [7, 11) is 0. The Morgan fingerprint density at radius 3 is 3.27 bits per heavy atom. The number of hydrazine groups is 1. The van der Waals surface area contributed by atoms with Crippen LogP contribution in [0.2, 0.25) is 0 Å². The Morgan fingerprint density at radius 1 is 1.55 bits per heavy atom. The first kappa shape index (κ1) is 6.18. The van der Waals surface area contributed by atoms with Crippen LogP contribution in [0.15, 0.2) is 30.9 Å². The fourth-order valence-corrected chi connectivity index (χ4v) is 1.00. The highest BCUT2D eigenvalue weighted by molar-refractivity contribution is 5.72. The van der Waals surface area contributed by atoms with Gasteiger partial charge in [-0.25, -0.2) is 5.84 Å². The number of fused-ring (bicyclic) bond motifs is 1. The maximum absolute atomic E-state index is 5.61. The van der Waals surface area contributed by atoms with Crippen molar-refractivity contribution in [2.75, 3.05) is 10.3 Å². The molecule has 0 spiro atoms. The number of nitrogens with two attached hydrogens (primary N) is 1. The predicted molar refractivity (Wildman–Crippen MR) is 43.7 cm³/mol. The number of anilines is 2. The van der Waals surface area contributed by atoms with Gasteiger partial charge in [-0.3, -0.25) is 9.99 Å². The van der Waals surface area contributed by atoms with Crippen molar-refractivity contribution in [3.05, 3.63) is 30.9 Å². The average Bonchev–Trinajstić information content (AvgIpc) is 2.06. The van der Waals surface area contributed by atoms with Crippen LogP contribution in [0.25, 0.3) is 0 Å². The Kier molecular flexibility index (Phi) is 1.26. The molecule has 0 bridgehead atoms. The zero-order chi connectivity index (χ0) is 7.68. The second-order valence-electron chi connectivity index (χ2n) is 2.26. The summed E-state index contributed by atoms with van der Waals surface area (Å²) in [4.78, 5) is 3.95. The summed E-state index contributed by atoms with van der Waals surface area (Å²) in [5.74, 6) is 5.61. The van der Waals surface area contributed by atoms with Gasteiger partial charge in [0.25, 0.3) is 0 Å². The van der Waals surface area contributed by atoms with Crippen molar-refractivity contribution >= 4 is 11.4 Å². The molecule has 0 saturated carbocycles. The monoisotopic (exact) mass is 148 g/mol. The lowest BCUT2D eigenvalue weighted by molar-refractivity contribution is 1.05. The van der Waals surface area contributed by atoms with Crippen molar-refractivity contribution < 1.29 is 0 Å². The minimum absolute atomic E-state index is 0.884. The average molecular weight is 148 g/mol. The standard InChI is InChI=1S/C7H8N4/c8-11-4-3-10-6-1-2-9-5-7(6)11/h1-5,10H,8H2. The summed E-state index contributed by atoms with van der Waals surface area (Å²) in [6.45, 7) is 0. The molecular weight excluding hydrogens is 140 g/mol. The topological polar surface area (TPSA) is 54.2 Å². The second kappa shape index (κ2) is 2.25. The first-order valence-electron chi connectivity index (χ1n) is 3.29. The molecular formula is C7H8N4. The first-order chi connectivity index (χ1) is 5.38. The molecule has 0 aliphatic carbocycles. The van der Waals surface area contributed by atoms with Crippen molar-refractivity contribution in [1.29, 1.82) is 0 Å². The van der Waals surface area contributed by atoms with E-state index in [9.17, 15) is 0 Å². The molecule has 1 aromatic rings. The molecule has 11 heavy (non-hydrogen) atoms. The zero-order valence-electron chi connectivity index (χ0n) is 5.86. The summed E-state index contributed by atoms with van der Waals surface area (Å²) in [5, 5.41) is 4.58. The van der Waals surface area contributed by atoms with Gasteiger partial charge in [0, 0.05) is 18.6 Å². The summed E-state index contributed by atoms with van der Waals surface area (Å²) in [5.41, 5.74) is 1.86. The second-order valence-corrected chi connectivity index (χ2v) is 2.26. The molecule has 0 radical (unpaired) electrons. The smallest absolute Gasteiger partial charge is 0.0986 e. The van der Waals surface area contributed by atoms with E-state index < -0.39 is 0 Å². The lowest BCUT2D eigenvalue weighted by atomic mass is 10.3. The highest BCUT2D eigenvalue weighted by atomic mass is 15.4. The molecule has 2 rings (SSSR count). The van der Waals surface area contributed by atoms with E-state index in [1.807, 2.05) is 6.07 Å². The van der Waals surface area contributed by atoms with E-state index in [4.69, 9.17) is 5.84 Å². The van der Waals surface area contributed by atoms with E-state index >= 15 is 0 Å². The summed E-state index contributed by atoms with van der Waals surface area (Å²) < 4.78 is 0. The van der Waals surface area contributed by atoms with Gasteiger partial charge >= 0.3 is 0 Å². The van der Waals surface area contributed by atoms with Crippen molar-refractivity contribution in [2.45, 2.75) is 0 Å². The molecule has 2 heterocycles. The lowest BCUT2D eigenvalue weighted by Crippen LogP contribution is -2.27. The van der Waals surface area contributed by atoms with Crippen molar-refractivity contribution in [1.82, 2.24) is 4.98 Å². The van der Waals surface area contributed by atoms with Gasteiger partial charge < -0.3 is 5.32 Å². The highest BCUT2D eigenvalue weighted by Crippen LogP contribution is 2.24. The first-order valence-corrected chi connectivity index (χ1v) is 3.29. The Bertz CT molecular complexity index is 294. The van der Waals surface area contributed by atoms with Gasteiger partial charge in [0.2, 0.25) is 0 Å². The molecule has 1 aliphatic rings. The maximum atomic E-state index is 5.61. The van der Waals surface area contributed by atoms with Gasteiger partial charge in [0.05, 0.1) is 17.6 Å². The highest BCUT2D eigenvalue weighted by Gasteiger charge is 2.07. The van der Waals surface area contributed by atoms with E-state index in [0.29, 0.717) is 0 Å². The van der Waals surface area contributed by atoms with E-state index in [-0.39, 0.29) is 0 Å². The van der Waals surface area contributed by atoms with Crippen molar-refractivity contribution in [3.8, 4) is 0 Å². The van der Waals surface area contributed by atoms with Crippen LogP contribution in [0.1, 0.15) is 0 Å². The number of rotatable bonds is 0. The molecule has 4 nitrogen and oxygen atoms in total. The third kappa shape index (κ3) is 0.929. The largest absolute Gasteiger partial charge is 0.358 e. The van der Waals surface area contributed by atoms with Crippen LogP contribution in [0.3, 0.4) is 0 Å². The number of aromatic nitrogens is 1. The molecule has 3 N–H and O–H groups in total. The SMILES string of the molecule is NN1C=CNc2ccncc21. The van der Waals surface area contributed by atoms with E-state index in [1.165, 1.54) is 5.01 Å². The van der Waals surface area contributed by atoms with Gasteiger partial charge in [-0.05, 0) is 6.07 Å². The normalized spacial score (nSPS) is 14.1. The molecule has 56 valence electrons. The maximum Gasteiger partial charge on any atom is 0.0986 e. The molecule has 0 atom stereocenters. The zero-order valence-corrected chi connectivity index (χ0v) is 5.86. The van der Waals surface area contributed by atoms with Gasteiger partial charge in [-0.2, -0.15) is 0 Å². The third-order valence-electron chi connectivity index (χ3n) is 1.55. The molecule has 1 aliphatic heterocycles. The summed E-state index contributed by atoms with van der Waals surface area (Å²) >= 11 is 0. The summed E-state index contributed by atoms with van der Waals surface area (Å²) in [6, 6.07) is 1.87. The fraction of sp³-hybridized carbons (Fsp3) is 0. The van der Waals surface area contributed by atoms with Gasteiger partial charge in [0.15, 0.2) is 0 Å². The minimum Gasteiger partial charge on any atom is -0.358 e. The summed E-state index contributed by atoms with van der Waals surface area (Å²) in [6.07, 6.45) is 6.96. The Morgan fingerprint density at radius 2 is 2.45 bits per heavy atom. The molecule has 0 unspecified atom stereocenters.